The fraction of sp³-hybridized carbons (Fsp3) is 0.231. The Kier molecular flexibility index (Phi) is 3.53. The summed E-state index contributed by atoms with van der Waals surface area (Å²) in [4.78, 5) is 7.19. The van der Waals surface area contributed by atoms with E-state index in [2.05, 4.69) is 28.3 Å². The normalized spacial score (nSPS) is 12.0. The average Bonchev–Trinajstić information content (AvgIpc) is 2.89. The molecule has 2 aromatic rings. The van der Waals surface area contributed by atoms with Crippen LogP contribution in [0.25, 0.3) is 0 Å². The molecule has 0 aliphatic heterocycles. The molecule has 0 spiro atoms. The number of aromatic nitrogens is 2. The second kappa shape index (κ2) is 5.28. The Morgan fingerprint density at radius 1 is 1.41 bits per heavy atom. The number of imidazole rings is 1. The van der Waals surface area contributed by atoms with Gasteiger partial charge in [0, 0.05) is 18.4 Å². The molecule has 1 heterocycles. The molecule has 86 valence electrons. The number of nitrogens with one attached hydrogen (secondary N) is 2. The van der Waals surface area contributed by atoms with E-state index < -0.39 is 0 Å². The van der Waals surface area contributed by atoms with E-state index >= 15 is 0 Å². The van der Waals surface area contributed by atoms with Crippen molar-refractivity contribution in [2.75, 3.05) is 0 Å². The summed E-state index contributed by atoms with van der Waals surface area (Å²) in [5, 5.41) is 12.1. The molecule has 2 rings (SSSR count). The average molecular weight is 226 g/mol. The molecule has 0 saturated carbocycles. The van der Waals surface area contributed by atoms with Crippen molar-refractivity contribution in [2.45, 2.75) is 19.5 Å². The second-order valence-corrected chi connectivity index (χ2v) is 3.87. The van der Waals surface area contributed by atoms with Crippen LogP contribution in [-0.4, -0.2) is 9.97 Å². The van der Waals surface area contributed by atoms with Gasteiger partial charge in [0.15, 0.2) is 0 Å². The van der Waals surface area contributed by atoms with Crippen molar-refractivity contribution in [1.29, 1.82) is 5.26 Å². The molecule has 0 bridgehead atoms. The fourth-order valence-corrected chi connectivity index (χ4v) is 1.61. The summed E-state index contributed by atoms with van der Waals surface area (Å²) in [5.74, 6) is 0.922. The Morgan fingerprint density at radius 3 is 2.76 bits per heavy atom. The van der Waals surface area contributed by atoms with Crippen LogP contribution in [0.3, 0.4) is 0 Å². The summed E-state index contributed by atoms with van der Waals surface area (Å²) in [6.07, 6.45) is 3.55. The number of aromatic amines is 1. The van der Waals surface area contributed by atoms with Gasteiger partial charge in [-0.2, -0.15) is 5.26 Å². The molecule has 0 radical (unpaired) electrons. The summed E-state index contributed by atoms with van der Waals surface area (Å²) in [6.45, 7) is 2.79. The van der Waals surface area contributed by atoms with Crippen LogP contribution >= 0.6 is 0 Å². The standard InChI is InChI=1S/C13H14N4/c1-10(17-9-13-15-6-7-16-13)12-4-2-11(8-14)3-5-12/h2-7,10,17H,9H2,1H3,(H,15,16). The molecule has 1 aromatic carbocycles. The molecule has 1 aromatic heterocycles. The predicted molar refractivity (Wildman–Crippen MR) is 65.0 cm³/mol. The van der Waals surface area contributed by atoms with Crippen LogP contribution in [0.4, 0.5) is 0 Å². The highest BCUT2D eigenvalue weighted by molar-refractivity contribution is 5.32. The number of hydrogen-bond donors (Lipinski definition) is 2. The lowest BCUT2D eigenvalue weighted by Gasteiger charge is -2.13. The first-order chi connectivity index (χ1) is 8.29. The van der Waals surface area contributed by atoms with E-state index in [1.54, 1.807) is 6.20 Å². The molecule has 1 unspecified atom stereocenters. The minimum absolute atomic E-state index is 0.229. The zero-order valence-corrected chi connectivity index (χ0v) is 9.64. The van der Waals surface area contributed by atoms with Crippen LogP contribution in [0.1, 0.15) is 29.9 Å². The first-order valence-electron chi connectivity index (χ1n) is 5.51. The van der Waals surface area contributed by atoms with Crippen LogP contribution in [0.2, 0.25) is 0 Å². The van der Waals surface area contributed by atoms with Crippen LogP contribution in [0, 0.1) is 11.3 Å². The largest absolute Gasteiger partial charge is 0.348 e. The first-order valence-corrected chi connectivity index (χ1v) is 5.51. The van der Waals surface area contributed by atoms with Gasteiger partial charge in [-0.05, 0) is 24.6 Å². The molecule has 4 nitrogen and oxygen atoms in total. The van der Waals surface area contributed by atoms with Gasteiger partial charge in [-0.3, -0.25) is 0 Å². The van der Waals surface area contributed by atoms with Gasteiger partial charge < -0.3 is 10.3 Å². The highest BCUT2D eigenvalue weighted by atomic mass is 15.0. The van der Waals surface area contributed by atoms with Crippen molar-refractivity contribution in [3.63, 3.8) is 0 Å². The number of H-pyrrole nitrogens is 1. The van der Waals surface area contributed by atoms with E-state index in [1.807, 2.05) is 30.5 Å². The van der Waals surface area contributed by atoms with Crippen molar-refractivity contribution < 1.29 is 0 Å². The Labute approximate surface area is 100 Å². The number of nitrogens with zero attached hydrogens (tertiary/aromatic N) is 2. The van der Waals surface area contributed by atoms with Gasteiger partial charge in [-0.1, -0.05) is 12.1 Å². The third-order valence-electron chi connectivity index (χ3n) is 2.67. The second-order valence-electron chi connectivity index (χ2n) is 3.87. The monoisotopic (exact) mass is 226 g/mol. The van der Waals surface area contributed by atoms with Gasteiger partial charge in [0.2, 0.25) is 0 Å². The number of benzene rings is 1. The first kappa shape index (κ1) is 11.4. The number of nitriles is 1. The smallest absolute Gasteiger partial charge is 0.120 e. The summed E-state index contributed by atoms with van der Waals surface area (Å²) >= 11 is 0. The molecule has 0 amide bonds. The molecule has 17 heavy (non-hydrogen) atoms. The summed E-state index contributed by atoms with van der Waals surface area (Å²) in [5.41, 5.74) is 1.85. The van der Waals surface area contributed by atoms with Crippen LogP contribution < -0.4 is 5.32 Å². The molecule has 0 aliphatic carbocycles. The number of rotatable bonds is 4. The zero-order chi connectivity index (χ0) is 12.1. The van der Waals surface area contributed by atoms with Crippen molar-refractivity contribution in [2.24, 2.45) is 0 Å². The lowest BCUT2D eigenvalue weighted by Crippen LogP contribution is -2.18. The Balaban J connectivity index is 1.95. The zero-order valence-electron chi connectivity index (χ0n) is 9.64. The van der Waals surface area contributed by atoms with Crippen molar-refractivity contribution in [3.8, 4) is 6.07 Å². The van der Waals surface area contributed by atoms with E-state index in [1.165, 1.54) is 0 Å². The number of hydrogen-bond acceptors (Lipinski definition) is 3. The van der Waals surface area contributed by atoms with E-state index in [-0.39, 0.29) is 6.04 Å². The molecule has 0 aliphatic rings. The SMILES string of the molecule is CC(NCc1ncc[nH]1)c1ccc(C#N)cc1. The maximum atomic E-state index is 8.72. The lowest BCUT2D eigenvalue weighted by molar-refractivity contribution is 0.562. The molecular weight excluding hydrogens is 212 g/mol. The van der Waals surface area contributed by atoms with Crippen molar-refractivity contribution >= 4 is 0 Å². The van der Waals surface area contributed by atoms with Gasteiger partial charge in [0.05, 0.1) is 18.2 Å². The van der Waals surface area contributed by atoms with Gasteiger partial charge in [0.25, 0.3) is 0 Å². The van der Waals surface area contributed by atoms with Crippen molar-refractivity contribution in [3.05, 3.63) is 53.6 Å². The Morgan fingerprint density at radius 2 is 2.18 bits per heavy atom. The van der Waals surface area contributed by atoms with Crippen molar-refractivity contribution in [1.82, 2.24) is 15.3 Å². The molecular formula is C13H14N4. The van der Waals surface area contributed by atoms with Gasteiger partial charge in [-0.15, -0.1) is 0 Å². The minimum atomic E-state index is 0.229. The molecule has 2 N–H and O–H groups in total. The summed E-state index contributed by atoms with van der Waals surface area (Å²) < 4.78 is 0. The highest BCUT2D eigenvalue weighted by Crippen LogP contribution is 2.13. The molecule has 4 heteroatoms. The molecule has 0 fully saturated rings. The Hall–Kier alpha value is -2.12. The maximum Gasteiger partial charge on any atom is 0.120 e. The van der Waals surface area contributed by atoms with Crippen LogP contribution in [0.5, 0.6) is 0 Å². The molecule has 1 atom stereocenters. The highest BCUT2D eigenvalue weighted by Gasteiger charge is 2.05. The summed E-state index contributed by atoms with van der Waals surface area (Å²) in [7, 11) is 0. The topological polar surface area (TPSA) is 64.5 Å². The minimum Gasteiger partial charge on any atom is -0.348 e. The van der Waals surface area contributed by atoms with Gasteiger partial charge in [-0.25, -0.2) is 4.98 Å². The lowest BCUT2D eigenvalue weighted by atomic mass is 10.1. The van der Waals surface area contributed by atoms with E-state index in [4.69, 9.17) is 5.26 Å². The van der Waals surface area contributed by atoms with E-state index in [0.29, 0.717) is 12.1 Å². The van der Waals surface area contributed by atoms with Crippen LogP contribution in [-0.2, 0) is 6.54 Å². The predicted octanol–water partition coefficient (Wildman–Crippen LogP) is 2.13. The third kappa shape index (κ3) is 2.92. The maximum absolute atomic E-state index is 8.72. The van der Waals surface area contributed by atoms with E-state index in [9.17, 15) is 0 Å². The summed E-state index contributed by atoms with van der Waals surface area (Å²) in [6, 6.07) is 9.95. The van der Waals surface area contributed by atoms with E-state index in [0.717, 1.165) is 11.4 Å². The fourth-order valence-electron chi connectivity index (χ4n) is 1.61. The Bertz CT molecular complexity index is 493. The van der Waals surface area contributed by atoms with Gasteiger partial charge in [0.1, 0.15) is 5.82 Å². The third-order valence-corrected chi connectivity index (χ3v) is 2.67. The molecule has 0 saturated heterocycles. The quantitative estimate of drug-likeness (QED) is 0.839. The van der Waals surface area contributed by atoms with Crippen LogP contribution in [0.15, 0.2) is 36.7 Å². The van der Waals surface area contributed by atoms with Gasteiger partial charge >= 0.3 is 0 Å².